The molecule has 9 aromatic rings. The maximum absolute atomic E-state index is 2.47. The maximum Gasteiger partial charge on any atom is 0.0541 e. The third-order valence-corrected chi connectivity index (χ3v) is 11.5. The number of aromatic nitrogens is 1. The van der Waals surface area contributed by atoms with Crippen LogP contribution in [0.15, 0.2) is 152 Å². The van der Waals surface area contributed by atoms with E-state index in [-0.39, 0.29) is 5.41 Å². The molecule has 1 aliphatic carbocycles. The quantitative estimate of drug-likeness (QED) is 0.186. The molecular weight excluding hydrogens is 587 g/mol. The van der Waals surface area contributed by atoms with Gasteiger partial charge in [0.2, 0.25) is 0 Å². The summed E-state index contributed by atoms with van der Waals surface area (Å²) in [6.07, 6.45) is 0. The molecular formula is C45H31NS. The number of hydrogen-bond donors (Lipinski definition) is 0. The lowest BCUT2D eigenvalue weighted by atomic mass is 9.82. The van der Waals surface area contributed by atoms with Gasteiger partial charge in [-0.15, -0.1) is 11.3 Å². The van der Waals surface area contributed by atoms with Gasteiger partial charge in [0.1, 0.15) is 0 Å². The second kappa shape index (κ2) is 9.78. The molecule has 0 unspecified atom stereocenters. The van der Waals surface area contributed by atoms with E-state index in [1.54, 1.807) is 0 Å². The summed E-state index contributed by atoms with van der Waals surface area (Å²) in [5.74, 6) is 0. The Hall–Kier alpha value is -5.44. The lowest BCUT2D eigenvalue weighted by molar-refractivity contribution is 0.661. The Morgan fingerprint density at radius 3 is 1.68 bits per heavy atom. The van der Waals surface area contributed by atoms with Crippen molar-refractivity contribution in [1.82, 2.24) is 4.57 Å². The first-order valence-electron chi connectivity index (χ1n) is 16.3. The first-order valence-corrected chi connectivity index (χ1v) is 17.2. The van der Waals surface area contributed by atoms with Crippen molar-refractivity contribution >= 4 is 53.3 Å². The van der Waals surface area contributed by atoms with Gasteiger partial charge < -0.3 is 4.57 Å². The summed E-state index contributed by atoms with van der Waals surface area (Å²) >= 11 is 1.90. The topological polar surface area (TPSA) is 4.93 Å². The maximum atomic E-state index is 2.47. The average molecular weight is 618 g/mol. The van der Waals surface area contributed by atoms with Crippen LogP contribution in [0.1, 0.15) is 25.0 Å². The van der Waals surface area contributed by atoms with Crippen LogP contribution in [0.25, 0.3) is 81.0 Å². The van der Waals surface area contributed by atoms with Crippen LogP contribution in [0.2, 0.25) is 0 Å². The van der Waals surface area contributed by atoms with Crippen molar-refractivity contribution in [1.29, 1.82) is 0 Å². The fourth-order valence-electron chi connectivity index (χ4n) is 8.00. The predicted molar refractivity (Wildman–Crippen MR) is 202 cm³/mol. The Bertz CT molecular complexity index is 2590. The van der Waals surface area contributed by atoms with Crippen LogP contribution >= 0.6 is 11.3 Å². The van der Waals surface area contributed by atoms with E-state index in [4.69, 9.17) is 0 Å². The molecule has 1 nitrogen and oxygen atoms in total. The van der Waals surface area contributed by atoms with Gasteiger partial charge in [0.25, 0.3) is 0 Å². The van der Waals surface area contributed by atoms with Crippen molar-refractivity contribution in [3.63, 3.8) is 0 Å². The molecule has 7 aromatic carbocycles. The van der Waals surface area contributed by atoms with Gasteiger partial charge in [0.15, 0.2) is 0 Å². The van der Waals surface area contributed by atoms with Crippen LogP contribution in [0.4, 0.5) is 0 Å². The zero-order valence-electron chi connectivity index (χ0n) is 26.3. The highest BCUT2D eigenvalue weighted by molar-refractivity contribution is 7.25. The molecule has 2 heterocycles. The summed E-state index contributed by atoms with van der Waals surface area (Å²) in [6.45, 7) is 4.79. The van der Waals surface area contributed by atoms with E-state index in [2.05, 4.69) is 170 Å². The second-order valence-electron chi connectivity index (χ2n) is 13.4. The van der Waals surface area contributed by atoms with Gasteiger partial charge in [-0.2, -0.15) is 0 Å². The van der Waals surface area contributed by atoms with Gasteiger partial charge in [-0.05, 0) is 99.1 Å². The van der Waals surface area contributed by atoms with Crippen molar-refractivity contribution in [2.45, 2.75) is 19.3 Å². The summed E-state index contributed by atoms with van der Waals surface area (Å²) in [6, 6.07) is 56.2. The summed E-state index contributed by atoms with van der Waals surface area (Å²) in [5.41, 5.74) is 14.0. The number of hydrogen-bond acceptors (Lipinski definition) is 1. The Morgan fingerprint density at radius 1 is 0.426 bits per heavy atom. The van der Waals surface area contributed by atoms with Crippen LogP contribution in [-0.2, 0) is 5.41 Å². The summed E-state index contributed by atoms with van der Waals surface area (Å²) in [5, 5.41) is 5.28. The molecule has 0 spiro atoms. The summed E-state index contributed by atoms with van der Waals surface area (Å²) in [7, 11) is 0. The van der Waals surface area contributed by atoms with Gasteiger partial charge in [0.05, 0.1) is 11.0 Å². The minimum absolute atomic E-state index is 0.113. The average Bonchev–Trinajstić information content (AvgIpc) is 3.72. The molecule has 0 radical (unpaired) electrons. The van der Waals surface area contributed by atoms with Crippen molar-refractivity contribution in [2.75, 3.05) is 0 Å². The van der Waals surface area contributed by atoms with Crippen LogP contribution in [0.3, 0.4) is 0 Å². The van der Waals surface area contributed by atoms with E-state index >= 15 is 0 Å². The Labute approximate surface area is 278 Å². The number of fused-ring (bicyclic) bond motifs is 9. The lowest BCUT2D eigenvalue weighted by Gasteiger charge is -2.22. The molecule has 1 aliphatic rings. The molecule has 0 amide bonds. The molecule has 0 saturated heterocycles. The zero-order valence-corrected chi connectivity index (χ0v) is 27.1. The largest absolute Gasteiger partial charge is 0.309 e. The lowest BCUT2D eigenvalue weighted by Crippen LogP contribution is -2.15. The molecule has 0 aliphatic heterocycles. The molecule has 2 heteroatoms. The number of rotatable bonds is 3. The molecule has 0 fully saturated rings. The van der Waals surface area contributed by atoms with E-state index in [9.17, 15) is 0 Å². The van der Waals surface area contributed by atoms with Gasteiger partial charge in [0, 0.05) is 42.0 Å². The van der Waals surface area contributed by atoms with E-state index < -0.39 is 0 Å². The summed E-state index contributed by atoms with van der Waals surface area (Å²) < 4.78 is 5.19. The predicted octanol–water partition coefficient (Wildman–Crippen LogP) is 12.8. The monoisotopic (exact) mass is 617 g/mol. The SMILES string of the molecule is CC1(C)c2cc(-n3c4ccc(-c5ccccc5)cc4c4cc(-c5ccccc5)ccc43)ccc2-c2cc3sc4ccccc4c3cc21. The van der Waals surface area contributed by atoms with Gasteiger partial charge in [-0.25, -0.2) is 0 Å². The summed E-state index contributed by atoms with van der Waals surface area (Å²) in [4.78, 5) is 0. The standard InChI is InChI=1S/C45H31NS/c1-45(2)39-25-32(19-20-33(39)35-27-44-38(26-40(35)45)34-15-9-10-16-43(34)47-44)46-41-21-17-30(28-11-5-3-6-12-28)23-36(41)37-24-31(18-22-42(37)46)29-13-7-4-8-14-29/h3-27H,1-2H3. The van der Waals surface area contributed by atoms with Crippen LogP contribution in [0.5, 0.6) is 0 Å². The third-order valence-electron chi connectivity index (χ3n) is 10.4. The van der Waals surface area contributed by atoms with E-state index in [1.807, 2.05) is 11.3 Å². The molecule has 0 atom stereocenters. The number of thiophene rings is 1. The minimum Gasteiger partial charge on any atom is -0.309 e. The first-order chi connectivity index (χ1) is 23.0. The normalized spacial score (nSPS) is 13.5. The molecule has 0 saturated carbocycles. The van der Waals surface area contributed by atoms with E-state index in [1.165, 1.54) is 92.2 Å². The van der Waals surface area contributed by atoms with Gasteiger partial charge in [-0.3, -0.25) is 0 Å². The fourth-order valence-corrected chi connectivity index (χ4v) is 9.13. The first kappa shape index (κ1) is 26.7. The molecule has 47 heavy (non-hydrogen) atoms. The highest BCUT2D eigenvalue weighted by Gasteiger charge is 2.36. The van der Waals surface area contributed by atoms with Crippen LogP contribution in [-0.4, -0.2) is 4.57 Å². The third kappa shape index (κ3) is 3.89. The van der Waals surface area contributed by atoms with E-state index in [0.29, 0.717) is 0 Å². The fraction of sp³-hybridized carbons (Fsp3) is 0.0667. The Kier molecular flexibility index (Phi) is 5.57. The molecule has 0 N–H and O–H groups in total. The second-order valence-corrected chi connectivity index (χ2v) is 14.5. The zero-order chi connectivity index (χ0) is 31.3. The van der Waals surface area contributed by atoms with Crippen LogP contribution in [0, 0.1) is 0 Å². The highest BCUT2D eigenvalue weighted by atomic mass is 32.1. The van der Waals surface area contributed by atoms with Crippen LogP contribution < -0.4 is 0 Å². The number of benzene rings is 7. The molecule has 222 valence electrons. The molecule has 2 aromatic heterocycles. The molecule has 0 bridgehead atoms. The minimum atomic E-state index is -0.113. The Balaban J connectivity index is 1.19. The van der Waals surface area contributed by atoms with Crippen molar-refractivity contribution in [2.24, 2.45) is 0 Å². The van der Waals surface area contributed by atoms with Gasteiger partial charge >= 0.3 is 0 Å². The molecule has 10 rings (SSSR count). The van der Waals surface area contributed by atoms with Crippen molar-refractivity contribution < 1.29 is 0 Å². The number of nitrogens with zero attached hydrogens (tertiary/aromatic N) is 1. The van der Waals surface area contributed by atoms with Crippen molar-refractivity contribution in [3.05, 3.63) is 163 Å². The van der Waals surface area contributed by atoms with Gasteiger partial charge in [-0.1, -0.05) is 111 Å². The Morgan fingerprint density at radius 2 is 1.02 bits per heavy atom. The van der Waals surface area contributed by atoms with E-state index in [0.717, 1.165) is 0 Å². The highest BCUT2D eigenvalue weighted by Crippen LogP contribution is 2.52. The van der Waals surface area contributed by atoms with Crippen molar-refractivity contribution in [3.8, 4) is 39.1 Å². The smallest absolute Gasteiger partial charge is 0.0541 e.